The molecule has 0 atom stereocenters. The number of carboxylic acids is 1. The van der Waals surface area contributed by atoms with Gasteiger partial charge in [0.2, 0.25) is 0 Å². The van der Waals surface area contributed by atoms with Gasteiger partial charge in [-0.3, -0.25) is 4.79 Å². The minimum absolute atomic E-state index is 0.0615. The highest BCUT2D eigenvalue weighted by Crippen LogP contribution is 2.27. The van der Waals surface area contributed by atoms with Crippen LogP contribution in [0.15, 0.2) is 84.9 Å². The summed E-state index contributed by atoms with van der Waals surface area (Å²) in [6.07, 6.45) is 0. The summed E-state index contributed by atoms with van der Waals surface area (Å²) >= 11 is 23.8. The van der Waals surface area contributed by atoms with E-state index in [0.29, 0.717) is 38.7 Å². The summed E-state index contributed by atoms with van der Waals surface area (Å²) in [7, 11) is 0. The Morgan fingerprint density at radius 1 is 0.658 bits per heavy atom. The van der Waals surface area contributed by atoms with E-state index >= 15 is 0 Å². The number of aromatic carboxylic acids is 1. The zero-order valence-corrected chi connectivity index (χ0v) is 23.3. The second-order valence-corrected chi connectivity index (χ2v) is 9.90. The molecule has 0 unspecified atom stereocenters. The smallest absolute Gasteiger partial charge is 0.335 e. The molecule has 0 radical (unpaired) electrons. The summed E-state index contributed by atoms with van der Waals surface area (Å²) in [4.78, 5) is 22.2. The van der Waals surface area contributed by atoms with Crippen LogP contribution in [0.1, 0.15) is 38.8 Å². The van der Waals surface area contributed by atoms with Crippen molar-refractivity contribution in [2.45, 2.75) is 20.0 Å². The van der Waals surface area contributed by atoms with Crippen LogP contribution in [0.3, 0.4) is 0 Å². The summed E-state index contributed by atoms with van der Waals surface area (Å²) in [6.45, 7) is 2.65. The molecule has 0 spiro atoms. The predicted molar refractivity (Wildman–Crippen MR) is 157 cm³/mol. The van der Waals surface area contributed by atoms with Crippen LogP contribution in [-0.4, -0.2) is 16.9 Å². The first-order chi connectivity index (χ1) is 18.1. The number of nitrogens with one attached hydrogen (secondary N) is 2. The van der Waals surface area contributed by atoms with Crippen LogP contribution in [0.2, 0.25) is 20.1 Å². The highest BCUT2D eigenvalue weighted by Gasteiger charge is 2.05. The lowest BCUT2D eigenvalue weighted by molar-refractivity contribution is 0.0696. The van der Waals surface area contributed by atoms with Gasteiger partial charge in [-0.2, -0.15) is 0 Å². The summed E-state index contributed by atoms with van der Waals surface area (Å²) in [5, 5.41) is 17.6. The minimum atomic E-state index is -0.939. The molecule has 4 rings (SSSR count). The van der Waals surface area contributed by atoms with Crippen molar-refractivity contribution in [1.82, 2.24) is 0 Å². The number of hydrogen-bond acceptors (Lipinski definition) is 4. The maximum absolute atomic E-state index is 11.3. The first kappa shape index (κ1) is 29.3. The van der Waals surface area contributed by atoms with E-state index in [1.165, 1.54) is 0 Å². The maximum Gasteiger partial charge on any atom is 0.335 e. The highest BCUT2D eigenvalue weighted by atomic mass is 35.5. The normalized spacial score (nSPS) is 10.2. The lowest BCUT2D eigenvalue weighted by Crippen LogP contribution is -2.02. The van der Waals surface area contributed by atoms with Gasteiger partial charge in [-0.25, -0.2) is 4.79 Å². The predicted octanol–water partition coefficient (Wildman–Crippen LogP) is 9.11. The van der Waals surface area contributed by atoms with Crippen LogP contribution in [0.4, 0.5) is 11.4 Å². The molecular weight excluding hydrogens is 566 g/mol. The molecule has 0 aliphatic rings. The standard InChI is InChI=1S/C15H13Cl2NO.C14H11Cl2NO2/c1-10(19)12-4-2-3-11(7-12)9-18-15-6-5-13(16)8-14(15)17;15-11-4-5-13(12(16)7-11)17-8-9-2-1-3-10(6-9)14(18)19/h2-8,18H,9H2,1H3;1-7,17H,8H2,(H,18,19). The number of ketones is 1. The van der Waals surface area contributed by atoms with E-state index in [4.69, 9.17) is 51.5 Å². The third-order valence-electron chi connectivity index (χ3n) is 5.34. The fourth-order valence-electron chi connectivity index (χ4n) is 3.37. The SMILES string of the molecule is CC(=O)c1cccc(CNc2ccc(Cl)cc2Cl)c1.O=C(O)c1cccc(CNc2ccc(Cl)cc2Cl)c1. The van der Waals surface area contributed by atoms with Crippen molar-refractivity contribution in [1.29, 1.82) is 0 Å². The summed E-state index contributed by atoms with van der Waals surface area (Å²) in [5.41, 5.74) is 4.44. The second-order valence-electron chi connectivity index (χ2n) is 8.22. The van der Waals surface area contributed by atoms with Crippen molar-refractivity contribution in [3.63, 3.8) is 0 Å². The molecule has 196 valence electrons. The average Bonchev–Trinajstić information content (AvgIpc) is 2.88. The number of Topliss-reactive ketones (excluding diaryl/α,β-unsaturated/α-hetero) is 1. The van der Waals surface area contributed by atoms with Gasteiger partial charge in [0.05, 0.1) is 27.0 Å². The molecule has 0 aliphatic carbocycles. The number of carbonyl (C=O) groups is 2. The first-order valence-corrected chi connectivity index (χ1v) is 12.9. The Kier molecular flexibility index (Phi) is 10.9. The number of carbonyl (C=O) groups excluding carboxylic acids is 1. The minimum Gasteiger partial charge on any atom is -0.478 e. The maximum atomic E-state index is 11.3. The molecule has 0 bridgehead atoms. The third-order valence-corrected chi connectivity index (χ3v) is 6.43. The van der Waals surface area contributed by atoms with Crippen molar-refractivity contribution in [2.75, 3.05) is 10.6 Å². The van der Waals surface area contributed by atoms with Crippen LogP contribution in [0.5, 0.6) is 0 Å². The van der Waals surface area contributed by atoms with E-state index in [0.717, 1.165) is 22.5 Å². The monoisotopic (exact) mass is 588 g/mol. The number of carboxylic acid groups (broad SMARTS) is 1. The fourth-order valence-corrected chi connectivity index (χ4v) is 4.33. The highest BCUT2D eigenvalue weighted by molar-refractivity contribution is 6.36. The Morgan fingerprint density at radius 3 is 1.53 bits per heavy atom. The van der Waals surface area contributed by atoms with Crippen LogP contribution < -0.4 is 10.6 Å². The molecule has 4 aromatic carbocycles. The Bertz CT molecular complexity index is 1330. The van der Waals surface area contributed by atoms with Crippen LogP contribution in [0.25, 0.3) is 0 Å². The average molecular weight is 590 g/mol. The summed E-state index contributed by atoms with van der Waals surface area (Å²) in [6, 6.07) is 24.7. The molecule has 0 heterocycles. The molecule has 5 nitrogen and oxygen atoms in total. The quantitative estimate of drug-likeness (QED) is 0.179. The van der Waals surface area contributed by atoms with Crippen LogP contribution in [0, 0.1) is 0 Å². The zero-order chi connectivity index (χ0) is 27.7. The Morgan fingerprint density at radius 2 is 1.11 bits per heavy atom. The van der Waals surface area contributed by atoms with Crippen molar-refractivity contribution in [2.24, 2.45) is 0 Å². The van der Waals surface area contributed by atoms with Gasteiger partial charge in [-0.15, -0.1) is 0 Å². The van der Waals surface area contributed by atoms with Crippen molar-refractivity contribution < 1.29 is 14.7 Å². The van der Waals surface area contributed by atoms with Crippen molar-refractivity contribution in [3.05, 3.63) is 127 Å². The van der Waals surface area contributed by atoms with Crippen LogP contribution in [-0.2, 0) is 13.1 Å². The Labute approximate surface area is 241 Å². The molecule has 4 aromatic rings. The van der Waals surface area contributed by atoms with Crippen LogP contribution >= 0.6 is 46.4 Å². The Balaban J connectivity index is 0.000000211. The number of halogens is 4. The molecule has 0 aliphatic heterocycles. The van der Waals surface area contributed by atoms with Gasteiger partial charge in [-0.05, 0) is 72.6 Å². The molecule has 0 fully saturated rings. The van der Waals surface area contributed by atoms with E-state index in [2.05, 4.69) is 10.6 Å². The summed E-state index contributed by atoms with van der Waals surface area (Å²) < 4.78 is 0. The van der Waals surface area contributed by atoms with E-state index in [9.17, 15) is 9.59 Å². The molecular formula is C29H24Cl4N2O3. The molecule has 0 aromatic heterocycles. The Hall–Kier alpha value is -3.22. The van der Waals surface area contributed by atoms with E-state index in [-0.39, 0.29) is 11.3 Å². The number of hydrogen-bond donors (Lipinski definition) is 3. The van der Waals surface area contributed by atoms with Gasteiger partial charge in [0.25, 0.3) is 0 Å². The fraction of sp³-hybridized carbons (Fsp3) is 0.103. The molecule has 0 saturated heterocycles. The topological polar surface area (TPSA) is 78.4 Å². The van der Waals surface area contributed by atoms with E-state index in [1.807, 2.05) is 30.3 Å². The number of benzene rings is 4. The van der Waals surface area contributed by atoms with Gasteiger partial charge in [0.1, 0.15) is 0 Å². The van der Waals surface area contributed by atoms with Crippen molar-refractivity contribution >= 4 is 69.5 Å². The first-order valence-electron chi connectivity index (χ1n) is 11.4. The van der Waals surface area contributed by atoms with Gasteiger partial charge in [-0.1, -0.05) is 76.7 Å². The van der Waals surface area contributed by atoms with E-state index < -0.39 is 5.97 Å². The lowest BCUT2D eigenvalue weighted by atomic mass is 10.1. The molecule has 0 saturated carbocycles. The van der Waals surface area contributed by atoms with E-state index in [1.54, 1.807) is 61.5 Å². The number of anilines is 2. The van der Waals surface area contributed by atoms with Gasteiger partial charge in [0.15, 0.2) is 5.78 Å². The molecule has 9 heteroatoms. The molecule has 0 amide bonds. The second kappa shape index (κ2) is 14.1. The zero-order valence-electron chi connectivity index (χ0n) is 20.3. The lowest BCUT2D eigenvalue weighted by Gasteiger charge is -2.09. The van der Waals surface area contributed by atoms with Gasteiger partial charge in [0, 0.05) is 28.7 Å². The van der Waals surface area contributed by atoms with Gasteiger partial charge < -0.3 is 15.7 Å². The van der Waals surface area contributed by atoms with Gasteiger partial charge >= 0.3 is 5.97 Å². The number of rotatable bonds is 8. The molecule has 3 N–H and O–H groups in total. The van der Waals surface area contributed by atoms with Crippen molar-refractivity contribution in [3.8, 4) is 0 Å². The largest absolute Gasteiger partial charge is 0.478 e. The third kappa shape index (κ3) is 8.96. The molecule has 38 heavy (non-hydrogen) atoms. The summed E-state index contributed by atoms with van der Waals surface area (Å²) in [5.74, 6) is -0.877.